The largest absolute Gasteiger partial charge is 0.417 e. The van der Waals surface area contributed by atoms with E-state index < -0.39 is 11.7 Å². The highest BCUT2D eigenvalue weighted by molar-refractivity contribution is 5.68. The summed E-state index contributed by atoms with van der Waals surface area (Å²) in [6.45, 7) is 4.63. The summed E-state index contributed by atoms with van der Waals surface area (Å²) in [4.78, 5) is 15.6. The number of halogens is 3. The number of anilines is 3. The fraction of sp³-hybridized carbons (Fsp3) is 0.500. The van der Waals surface area contributed by atoms with Crippen LogP contribution in [0.25, 0.3) is 11.3 Å². The van der Waals surface area contributed by atoms with Gasteiger partial charge in [-0.3, -0.25) is 4.90 Å². The van der Waals surface area contributed by atoms with Crippen molar-refractivity contribution < 1.29 is 27.6 Å². The van der Waals surface area contributed by atoms with Crippen LogP contribution in [0.2, 0.25) is 0 Å². The van der Waals surface area contributed by atoms with Gasteiger partial charge in [-0.2, -0.15) is 13.2 Å². The lowest BCUT2D eigenvalue weighted by molar-refractivity contribution is -0.355. The predicted molar refractivity (Wildman–Crippen MR) is 99.5 cm³/mol. The maximum atomic E-state index is 13.7. The molecule has 0 radical (unpaired) electrons. The predicted octanol–water partition coefficient (Wildman–Crippen LogP) is 1.23. The number of morpholine rings is 2. The highest BCUT2D eigenvalue weighted by Gasteiger charge is 2.36. The van der Waals surface area contributed by atoms with Crippen molar-refractivity contribution >= 4 is 17.6 Å². The van der Waals surface area contributed by atoms with Crippen molar-refractivity contribution in [1.82, 2.24) is 9.97 Å². The Morgan fingerprint density at radius 2 is 1.59 bits per heavy atom. The van der Waals surface area contributed by atoms with E-state index in [1.54, 1.807) is 6.07 Å². The number of nitrogens with two attached hydrogens (primary N) is 1. The lowest BCUT2D eigenvalue weighted by Crippen LogP contribution is -2.43. The molecule has 156 valence electrons. The molecule has 2 aliphatic rings. The second-order valence-corrected chi connectivity index (χ2v) is 6.83. The Bertz CT molecular complexity index is 831. The van der Waals surface area contributed by atoms with Crippen LogP contribution >= 0.6 is 0 Å². The van der Waals surface area contributed by atoms with Crippen LogP contribution in [0.15, 0.2) is 18.3 Å². The van der Waals surface area contributed by atoms with Crippen LogP contribution in [0, 0.1) is 0 Å². The smallest absolute Gasteiger partial charge is 0.384 e. The summed E-state index contributed by atoms with van der Waals surface area (Å²) in [7, 11) is 0. The number of pyridine rings is 1. The summed E-state index contributed by atoms with van der Waals surface area (Å²) < 4.78 is 51.7. The zero-order valence-electron chi connectivity index (χ0n) is 15.7. The molecule has 0 aliphatic carbocycles. The molecule has 0 unspecified atom stereocenters. The first kappa shape index (κ1) is 19.6. The van der Waals surface area contributed by atoms with E-state index in [1.165, 1.54) is 0 Å². The molecule has 2 aliphatic heterocycles. The van der Waals surface area contributed by atoms with Crippen LogP contribution < -0.4 is 20.5 Å². The Hall–Kier alpha value is -2.66. The van der Waals surface area contributed by atoms with Crippen LogP contribution in [0.4, 0.5) is 30.8 Å². The fourth-order valence-electron chi connectivity index (χ4n) is 3.40. The first-order valence-electron chi connectivity index (χ1n) is 9.34. The third-order valence-corrected chi connectivity index (χ3v) is 4.91. The van der Waals surface area contributed by atoms with Crippen molar-refractivity contribution in [3.63, 3.8) is 0 Å². The molecule has 2 saturated heterocycles. The number of nitrogen functional groups attached to an aromatic ring is 1. The molecule has 29 heavy (non-hydrogen) atoms. The van der Waals surface area contributed by atoms with Gasteiger partial charge in [0, 0.05) is 17.8 Å². The minimum atomic E-state index is -4.58. The third-order valence-electron chi connectivity index (χ3n) is 4.91. The van der Waals surface area contributed by atoms with Crippen molar-refractivity contribution in [2.75, 3.05) is 68.1 Å². The van der Waals surface area contributed by atoms with Crippen molar-refractivity contribution in [3.8, 4) is 11.3 Å². The molecule has 4 heterocycles. The van der Waals surface area contributed by atoms with E-state index in [1.807, 2.05) is 9.80 Å². The number of aromatic nitrogens is 3. The summed E-state index contributed by atoms with van der Waals surface area (Å²) in [5.41, 5.74) is 4.74. The quantitative estimate of drug-likeness (QED) is 0.812. The Kier molecular flexibility index (Phi) is 5.41. The van der Waals surface area contributed by atoms with E-state index in [0.29, 0.717) is 64.4 Å². The zero-order chi connectivity index (χ0) is 20.4. The van der Waals surface area contributed by atoms with E-state index in [0.717, 1.165) is 12.3 Å². The average Bonchev–Trinajstić information content (AvgIpc) is 2.74. The highest BCUT2D eigenvalue weighted by atomic mass is 19.4. The molecule has 8 nitrogen and oxygen atoms in total. The van der Waals surface area contributed by atoms with E-state index in [2.05, 4.69) is 15.0 Å². The lowest BCUT2D eigenvalue weighted by Gasteiger charge is -2.27. The summed E-state index contributed by atoms with van der Waals surface area (Å²) in [5.74, 6) is 0.993. The van der Waals surface area contributed by atoms with Crippen molar-refractivity contribution in [1.29, 1.82) is 0 Å². The monoisotopic (exact) mass is 411 g/mol. The molecular weight excluding hydrogens is 389 g/mol. The number of ether oxygens (including phenoxy) is 2. The standard InChI is InChI=1S/C18H21F3N6O2/c19-18(20,21)13-9-15(22)23-11-12(13)14-10-16(26-1-5-28-6-2-26)25-17(24-14)27-3-7-29-8-4-27/h9-11H,1-8H2,(H2,22,23)/p+1. The molecule has 2 aromatic heterocycles. The van der Waals surface area contributed by atoms with Gasteiger partial charge < -0.3 is 20.1 Å². The number of nitrogens with one attached hydrogen (secondary N) is 1. The molecule has 0 saturated carbocycles. The number of alkyl halides is 3. The SMILES string of the molecule is Nc1cc(C(F)(F)F)c(-c2cc(N3CCOCC3)[nH+]c(N3CCOCC3)n2)cn1. The van der Waals surface area contributed by atoms with Crippen molar-refractivity contribution in [2.45, 2.75) is 6.18 Å². The first-order chi connectivity index (χ1) is 13.9. The normalized spacial score (nSPS) is 18.2. The Balaban J connectivity index is 1.82. The molecule has 2 fully saturated rings. The number of nitrogens with zero attached hydrogens (tertiary/aromatic N) is 4. The minimum absolute atomic E-state index is 0.107. The van der Waals surface area contributed by atoms with Crippen LogP contribution in [0.1, 0.15) is 5.56 Å². The Labute approximate surface area is 165 Å². The van der Waals surface area contributed by atoms with E-state index in [9.17, 15) is 13.2 Å². The lowest BCUT2D eigenvalue weighted by atomic mass is 10.1. The molecule has 0 aromatic carbocycles. The van der Waals surface area contributed by atoms with Gasteiger partial charge in [0.25, 0.3) is 0 Å². The van der Waals surface area contributed by atoms with Gasteiger partial charge in [0.15, 0.2) is 5.82 Å². The number of H-pyrrole nitrogens is 1. The van der Waals surface area contributed by atoms with Gasteiger partial charge in [-0.25, -0.2) is 9.97 Å². The van der Waals surface area contributed by atoms with E-state index >= 15 is 0 Å². The topological polar surface area (TPSA) is 90.9 Å². The number of rotatable bonds is 3. The molecule has 0 spiro atoms. The van der Waals surface area contributed by atoms with Gasteiger partial charge in [0.05, 0.1) is 58.2 Å². The van der Waals surface area contributed by atoms with E-state index in [-0.39, 0.29) is 17.1 Å². The highest BCUT2D eigenvalue weighted by Crippen LogP contribution is 2.37. The van der Waals surface area contributed by atoms with Crippen LogP contribution in [-0.4, -0.2) is 62.6 Å². The average molecular weight is 411 g/mol. The van der Waals surface area contributed by atoms with Crippen LogP contribution in [0.3, 0.4) is 0 Å². The molecule has 4 rings (SSSR count). The third kappa shape index (κ3) is 4.35. The number of hydrogen-bond acceptors (Lipinski definition) is 7. The number of hydrogen-bond donors (Lipinski definition) is 1. The number of aromatic amines is 1. The first-order valence-corrected chi connectivity index (χ1v) is 9.34. The molecule has 11 heteroatoms. The van der Waals surface area contributed by atoms with E-state index in [4.69, 9.17) is 15.2 Å². The Morgan fingerprint density at radius 1 is 0.966 bits per heavy atom. The molecule has 3 N–H and O–H groups in total. The van der Waals surface area contributed by atoms with Crippen molar-refractivity contribution in [2.24, 2.45) is 0 Å². The summed E-state index contributed by atoms with van der Waals surface area (Å²) in [6, 6.07) is 2.47. The van der Waals surface area contributed by atoms with Gasteiger partial charge in [-0.05, 0) is 6.07 Å². The minimum Gasteiger partial charge on any atom is -0.384 e. The van der Waals surface area contributed by atoms with Gasteiger partial charge in [0.2, 0.25) is 0 Å². The maximum Gasteiger partial charge on any atom is 0.417 e. The zero-order valence-corrected chi connectivity index (χ0v) is 15.7. The molecular formula is C18H22F3N6O2+. The maximum absolute atomic E-state index is 13.7. The summed E-state index contributed by atoms with van der Waals surface area (Å²) in [6.07, 6.45) is -3.45. The van der Waals surface area contributed by atoms with Gasteiger partial charge in [-0.15, -0.1) is 4.98 Å². The second kappa shape index (κ2) is 7.99. The van der Waals surface area contributed by atoms with Gasteiger partial charge in [-0.1, -0.05) is 0 Å². The van der Waals surface area contributed by atoms with Crippen molar-refractivity contribution in [3.05, 3.63) is 23.9 Å². The summed E-state index contributed by atoms with van der Waals surface area (Å²) >= 11 is 0. The summed E-state index contributed by atoms with van der Waals surface area (Å²) in [5, 5.41) is 0. The van der Waals surface area contributed by atoms with Gasteiger partial charge in [0.1, 0.15) is 11.5 Å². The second-order valence-electron chi connectivity index (χ2n) is 6.83. The fourth-order valence-corrected chi connectivity index (χ4v) is 3.40. The molecule has 0 amide bonds. The van der Waals surface area contributed by atoms with Crippen LogP contribution in [-0.2, 0) is 15.7 Å². The Morgan fingerprint density at radius 3 is 2.21 bits per heavy atom. The van der Waals surface area contributed by atoms with Gasteiger partial charge >= 0.3 is 12.1 Å². The molecule has 0 atom stereocenters. The molecule has 2 aromatic rings. The molecule has 0 bridgehead atoms. The van der Waals surface area contributed by atoms with Crippen LogP contribution in [0.5, 0.6) is 0 Å².